The first-order valence-corrected chi connectivity index (χ1v) is 5.91. The number of hydrogen-bond donors (Lipinski definition) is 2. The molecule has 1 atom stereocenters. The first kappa shape index (κ1) is 14.0. The fourth-order valence-electron chi connectivity index (χ4n) is 1.78. The third kappa shape index (κ3) is 3.42. The molecule has 1 heterocycles. The summed E-state index contributed by atoms with van der Waals surface area (Å²) in [6.07, 6.45) is 2.50. The van der Waals surface area contributed by atoms with Crippen LogP contribution in [0, 0.1) is 0 Å². The molecule has 0 bridgehead atoms. The Bertz CT molecular complexity index is 306. The van der Waals surface area contributed by atoms with Crippen molar-refractivity contribution >= 4 is 0 Å². The first-order chi connectivity index (χ1) is 8.28. The summed E-state index contributed by atoms with van der Waals surface area (Å²) in [6, 6.07) is -0.0149. The smallest absolute Gasteiger partial charge is 0.161 e. The zero-order valence-electron chi connectivity index (χ0n) is 10.8. The number of nitrogens with one attached hydrogen (secondary N) is 1. The fourth-order valence-corrected chi connectivity index (χ4v) is 1.78. The van der Waals surface area contributed by atoms with E-state index >= 15 is 0 Å². The number of rotatable bonds is 8. The molecular weight excluding hydrogens is 220 g/mol. The van der Waals surface area contributed by atoms with Gasteiger partial charge in [0.1, 0.15) is 0 Å². The maximum absolute atomic E-state index is 5.59. The summed E-state index contributed by atoms with van der Waals surface area (Å²) in [4.78, 5) is 0. The molecule has 0 radical (unpaired) electrons. The van der Waals surface area contributed by atoms with Crippen molar-refractivity contribution < 1.29 is 9.47 Å². The average Bonchev–Trinajstić information content (AvgIpc) is 2.77. The zero-order chi connectivity index (χ0) is 12.7. The van der Waals surface area contributed by atoms with Crippen LogP contribution in [0.5, 0.6) is 5.75 Å². The number of hydrazine groups is 1. The largest absolute Gasteiger partial charge is 0.493 e. The predicted molar refractivity (Wildman–Crippen MR) is 65.6 cm³/mol. The minimum atomic E-state index is -0.0149. The molecule has 6 nitrogen and oxygen atoms in total. The lowest BCUT2D eigenvalue weighted by molar-refractivity contribution is 0.135. The number of aryl methyl sites for hydroxylation is 1. The SMILES string of the molecule is CCOCCC(NN)c1c(OC)cnn1CC. The Morgan fingerprint density at radius 3 is 2.82 bits per heavy atom. The lowest BCUT2D eigenvalue weighted by atomic mass is 10.1. The number of hydrogen-bond acceptors (Lipinski definition) is 5. The van der Waals surface area contributed by atoms with E-state index in [2.05, 4.69) is 10.5 Å². The van der Waals surface area contributed by atoms with Crippen LogP contribution in [0.3, 0.4) is 0 Å². The van der Waals surface area contributed by atoms with E-state index in [0.717, 1.165) is 24.4 Å². The molecule has 0 amide bonds. The van der Waals surface area contributed by atoms with Gasteiger partial charge >= 0.3 is 0 Å². The van der Waals surface area contributed by atoms with Crippen molar-refractivity contribution in [3.05, 3.63) is 11.9 Å². The van der Waals surface area contributed by atoms with E-state index in [1.165, 1.54) is 0 Å². The van der Waals surface area contributed by atoms with Crippen LogP contribution >= 0.6 is 0 Å². The van der Waals surface area contributed by atoms with E-state index in [4.69, 9.17) is 15.3 Å². The maximum Gasteiger partial charge on any atom is 0.161 e. The summed E-state index contributed by atoms with van der Waals surface area (Å²) < 4.78 is 12.5. The molecule has 6 heteroatoms. The molecule has 1 aromatic heterocycles. The highest BCUT2D eigenvalue weighted by atomic mass is 16.5. The van der Waals surface area contributed by atoms with Crippen LogP contribution in [0.4, 0.5) is 0 Å². The van der Waals surface area contributed by atoms with Gasteiger partial charge in [0.2, 0.25) is 0 Å². The Morgan fingerprint density at radius 1 is 1.53 bits per heavy atom. The number of aromatic nitrogens is 2. The monoisotopic (exact) mass is 242 g/mol. The molecular formula is C11H22N4O2. The van der Waals surface area contributed by atoms with Gasteiger partial charge < -0.3 is 9.47 Å². The fraction of sp³-hybridized carbons (Fsp3) is 0.727. The zero-order valence-corrected chi connectivity index (χ0v) is 10.8. The van der Waals surface area contributed by atoms with Crippen molar-refractivity contribution in [2.24, 2.45) is 5.84 Å². The predicted octanol–water partition coefficient (Wildman–Crippen LogP) is 0.843. The second-order valence-electron chi connectivity index (χ2n) is 3.62. The molecule has 1 aromatic rings. The molecule has 98 valence electrons. The van der Waals surface area contributed by atoms with Crippen LogP contribution in [0.1, 0.15) is 32.0 Å². The van der Waals surface area contributed by atoms with Gasteiger partial charge in [-0.05, 0) is 20.3 Å². The van der Waals surface area contributed by atoms with Gasteiger partial charge in [0.15, 0.2) is 5.75 Å². The van der Waals surface area contributed by atoms with E-state index in [1.54, 1.807) is 13.3 Å². The molecule has 17 heavy (non-hydrogen) atoms. The second kappa shape index (κ2) is 7.26. The highest BCUT2D eigenvalue weighted by Crippen LogP contribution is 2.26. The van der Waals surface area contributed by atoms with Crippen LogP contribution in [0.15, 0.2) is 6.20 Å². The van der Waals surface area contributed by atoms with Gasteiger partial charge in [-0.1, -0.05) is 0 Å². The minimum Gasteiger partial charge on any atom is -0.493 e. The lowest BCUT2D eigenvalue weighted by Crippen LogP contribution is -2.31. The maximum atomic E-state index is 5.59. The van der Waals surface area contributed by atoms with E-state index in [0.29, 0.717) is 13.2 Å². The van der Waals surface area contributed by atoms with Crippen LogP contribution in [0.25, 0.3) is 0 Å². The van der Waals surface area contributed by atoms with Crippen LogP contribution < -0.4 is 16.0 Å². The van der Waals surface area contributed by atoms with Gasteiger partial charge in [0.05, 0.1) is 25.0 Å². The normalized spacial score (nSPS) is 12.7. The average molecular weight is 242 g/mol. The van der Waals surface area contributed by atoms with Gasteiger partial charge in [0, 0.05) is 19.8 Å². The molecule has 0 aliphatic rings. The van der Waals surface area contributed by atoms with Crippen LogP contribution in [-0.4, -0.2) is 30.1 Å². The number of nitrogens with two attached hydrogens (primary N) is 1. The Morgan fingerprint density at radius 2 is 2.29 bits per heavy atom. The van der Waals surface area contributed by atoms with E-state index in [-0.39, 0.29) is 6.04 Å². The Kier molecular flexibility index (Phi) is 5.96. The van der Waals surface area contributed by atoms with Crippen molar-refractivity contribution in [3.63, 3.8) is 0 Å². The highest BCUT2D eigenvalue weighted by Gasteiger charge is 2.20. The molecule has 0 fully saturated rings. The molecule has 0 aliphatic heterocycles. The minimum absolute atomic E-state index is 0.0149. The summed E-state index contributed by atoms with van der Waals surface area (Å²) >= 11 is 0. The number of ether oxygens (including phenoxy) is 2. The molecule has 0 spiro atoms. The molecule has 0 aromatic carbocycles. The molecule has 3 N–H and O–H groups in total. The quantitative estimate of drug-likeness (QED) is 0.401. The van der Waals surface area contributed by atoms with E-state index in [9.17, 15) is 0 Å². The van der Waals surface area contributed by atoms with Crippen molar-refractivity contribution in [2.45, 2.75) is 32.9 Å². The molecule has 0 saturated carbocycles. The molecule has 1 unspecified atom stereocenters. The molecule has 1 rings (SSSR count). The summed E-state index contributed by atoms with van der Waals surface area (Å²) in [5.74, 6) is 6.35. The molecule has 0 aliphatic carbocycles. The second-order valence-corrected chi connectivity index (χ2v) is 3.62. The number of methoxy groups -OCH3 is 1. The van der Waals surface area contributed by atoms with Crippen LogP contribution in [-0.2, 0) is 11.3 Å². The third-order valence-electron chi connectivity index (χ3n) is 2.65. The Labute approximate surface area is 102 Å². The summed E-state index contributed by atoms with van der Waals surface area (Å²) in [5, 5.41) is 4.26. The van der Waals surface area contributed by atoms with Crippen molar-refractivity contribution in [2.75, 3.05) is 20.3 Å². The lowest BCUT2D eigenvalue weighted by Gasteiger charge is -2.18. The molecule has 0 saturated heterocycles. The highest BCUT2D eigenvalue weighted by molar-refractivity contribution is 5.28. The summed E-state index contributed by atoms with van der Waals surface area (Å²) in [6.45, 7) is 6.16. The van der Waals surface area contributed by atoms with Gasteiger partial charge in [-0.3, -0.25) is 16.0 Å². The van der Waals surface area contributed by atoms with Crippen molar-refractivity contribution in [1.29, 1.82) is 0 Å². The Balaban J connectivity index is 2.81. The first-order valence-electron chi connectivity index (χ1n) is 5.91. The summed E-state index contributed by atoms with van der Waals surface area (Å²) in [7, 11) is 1.64. The standard InChI is InChI=1S/C11H22N4O2/c1-4-15-11(10(16-3)8-13-15)9(14-12)6-7-17-5-2/h8-9,14H,4-7,12H2,1-3H3. The Hall–Kier alpha value is -1.11. The van der Waals surface area contributed by atoms with Gasteiger partial charge in [0.25, 0.3) is 0 Å². The van der Waals surface area contributed by atoms with Gasteiger partial charge in [-0.25, -0.2) is 0 Å². The van der Waals surface area contributed by atoms with Crippen molar-refractivity contribution in [3.8, 4) is 5.75 Å². The van der Waals surface area contributed by atoms with E-state index < -0.39 is 0 Å². The van der Waals surface area contributed by atoms with E-state index in [1.807, 2.05) is 18.5 Å². The van der Waals surface area contributed by atoms with Gasteiger partial charge in [-0.15, -0.1) is 0 Å². The van der Waals surface area contributed by atoms with Gasteiger partial charge in [-0.2, -0.15) is 5.10 Å². The third-order valence-corrected chi connectivity index (χ3v) is 2.65. The number of nitrogens with zero attached hydrogens (tertiary/aromatic N) is 2. The topological polar surface area (TPSA) is 74.3 Å². The summed E-state index contributed by atoms with van der Waals surface area (Å²) in [5.41, 5.74) is 3.76. The van der Waals surface area contributed by atoms with Crippen molar-refractivity contribution in [1.82, 2.24) is 15.2 Å². The van der Waals surface area contributed by atoms with Crippen LogP contribution in [0.2, 0.25) is 0 Å².